The molecule has 4 aliphatic rings. The minimum atomic E-state index is 0.241. The van der Waals surface area contributed by atoms with Crippen LogP contribution in [0.4, 0.5) is 11.5 Å². The van der Waals surface area contributed by atoms with Crippen LogP contribution in [0.15, 0.2) is 41.3 Å². The summed E-state index contributed by atoms with van der Waals surface area (Å²) < 4.78 is 2.43. The van der Waals surface area contributed by atoms with Gasteiger partial charge in [0.05, 0.1) is 0 Å². The molecule has 0 radical (unpaired) electrons. The number of hydrogen-bond donors (Lipinski definition) is 0. The Morgan fingerprint density at radius 3 is 2.31 bits per heavy atom. The lowest BCUT2D eigenvalue weighted by molar-refractivity contribution is -0.117. The number of halogens is 1. The summed E-state index contributed by atoms with van der Waals surface area (Å²) in [4.78, 5) is 22.3. The number of rotatable bonds is 6. The van der Waals surface area contributed by atoms with Crippen molar-refractivity contribution in [2.24, 2.45) is 5.92 Å². The Kier molecular flexibility index (Phi) is 6.72. The molecule has 3 heterocycles. The maximum Gasteiger partial charge on any atom is 0.227 e. The molecule has 0 bridgehead atoms. The standard InChI is InChI=1S/C28H35ClN4OS/c29-25-19-22(28(12-13-28)21-5-2-1-3-6-21)20-26(30-25)31-15-17-32(18-16-31)35-24-10-8-23(9-11-24)33-14-4-7-27(33)34/h8-11,19-21H,1-7,12-18H2. The van der Waals surface area contributed by atoms with E-state index in [2.05, 4.69) is 45.6 Å². The third-order valence-electron chi connectivity index (χ3n) is 8.55. The predicted octanol–water partition coefficient (Wildman–Crippen LogP) is 6.30. The number of pyridine rings is 1. The average Bonchev–Trinajstić information content (AvgIpc) is 3.60. The van der Waals surface area contributed by atoms with Crippen molar-refractivity contribution in [1.82, 2.24) is 9.29 Å². The second-order valence-electron chi connectivity index (χ2n) is 10.7. The smallest absolute Gasteiger partial charge is 0.227 e. The van der Waals surface area contributed by atoms with Gasteiger partial charge in [-0.2, -0.15) is 0 Å². The van der Waals surface area contributed by atoms with Crippen LogP contribution in [-0.2, 0) is 10.2 Å². The second-order valence-corrected chi connectivity index (χ2v) is 12.2. The van der Waals surface area contributed by atoms with Gasteiger partial charge in [0.15, 0.2) is 0 Å². The monoisotopic (exact) mass is 510 g/mol. The van der Waals surface area contributed by atoms with Gasteiger partial charge in [0.1, 0.15) is 11.0 Å². The van der Waals surface area contributed by atoms with E-state index in [-0.39, 0.29) is 5.91 Å². The minimum absolute atomic E-state index is 0.241. The van der Waals surface area contributed by atoms with Gasteiger partial charge in [-0.05, 0) is 97.3 Å². The number of aromatic nitrogens is 1. The molecule has 0 atom stereocenters. The van der Waals surface area contributed by atoms with E-state index in [1.165, 1.54) is 55.4 Å². The Morgan fingerprint density at radius 2 is 1.66 bits per heavy atom. The van der Waals surface area contributed by atoms with Gasteiger partial charge < -0.3 is 9.80 Å². The van der Waals surface area contributed by atoms with Crippen molar-refractivity contribution >= 4 is 41.0 Å². The molecule has 2 saturated heterocycles. The molecule has 186 valence electrons. The van der Waals surface area contributed by atoms with Crippen LogP contribution >= 0.6 is 23.5 Å². The highest BCUT2D eigenvalue weighted by molar-refractivity contribution is 7.97. The zero-order chi connectivity index (χ0) is 23.8. The highest BCUT2D eigenvalue weighted by atomic mass is 35.5. The number of piperazine rings is 1. The van der Waals surface area contributed by atoms with E-state index < -0.39 is 0 Å². The first-order valence-electron chi connectivity index (χ1n) is 13.4. The fraction of sp³-hybridized carbons (Fsp3) is 0.571. The maximum absolute atomic E-state index is 12.0. The van der Waals surface area contributed by atoms with Crippen LogP contribution in [0.2, 0.25) is 5.15 Å². The number of benzene rings is 1. The molecule has 2 aliphatic carbocycles. The van der Waals surface area contributed by atoms with Gasteiger partial charge in [-0.1, -0.05) is 30.9 Å². The fourth-order valence-electron chi connectivity index (χ4n) is 6.42. The lowest BCUT2D eigenvalue weighted by Gasteiger charge is -2.36. The Labute approximate surface area is 218 Å². The summed E-state index contributed by atoms with van der Waals surface area (Å²) in [6, 6.07) is 13.0. The highest BCUT2D eigenvalue weighted by Gasteiger charge is 2.50. The van der Waals surface area contributed by atoms with Crippen LogP contribution in [0, 0.1) is 5.92 Å². The van der Waals surface area contributed by atoms with Gasteiger partial charge in [-0.25, -0.2) is 9.29 Å². The molecule has 7 heteroatoms. The van der Waals surface area contributed by atoms with Gasteiger partial charge >= 0.3 is 0 Å². The summed E-state index contributed by atoms with van der Waals surface area (Å²) >= 11 is 8.38. The largest absolute Gasteiger partial charge is 0.354 e. The van der Waals surface area contributed by atoms with Gasteiger partial charge in [-0.15, -0.1) is 0 Å². The summed E-state index contributed by atoms with van der Waals surface area (Å²) in [5.74, 6) is 2.12. The molecular weight excluding hydrogens is 476 g/mol. The zero-order valence-electron chi connectivity index (χ0n) is 20.4. The summed E-state index contributed by atoms with van der Waals surface area (Å²) in [7, 11) is 0. The van der Waals surface area contributed by atoms with Crippen LogP contribution in [-0.4, -0.2) is 47.9 Å². The molecule has 1 aromatic heterocycles. The van der Waals surface area contributed by atoms with Crippen LogP contribution in [0.5, 0.6) is 0 Å². The van der Waals surface area contributed by atoms with Gasteiger partial charge in [0.2, 0.25) is 5.91 Å². The number of carbonyl (C=O) groups excluding carboxylic acids is 1. The van der Waals surface area contributed by atoms with E-state index in [0.717, 1.165) is 56.6 Å². The number of anilines is 2. The van der Waals surface area contributed by atoms with E-state index in [0.29, 0.717) is 17.0 Å². The first-order chi connectivity index (χ1) is 17.1. The normalized spacial score (nSPS) is 23.2. The molecule has 0 unspecified atom stereocenters. The second kappa shape index (κ2) is 9.95. The van der Waals surface area contributed by atoms with E-state index >= 15 is 0 Å². The predicted molar refractivity (Wildman–Crippen MR) is 144 cm³/mol. The van der Waals surface area contributed by atoms with Crippen molar-refractivity contribution < 1.29 is 4.79 Å². The van der Waals surface area contributed by atoms with Crippen molar-refractivity contribution in [1.29, 1.82) is 0 Å². The molecule has 2 aliphatic heterocycles. The molecule has 0 N–H and O–H groups in total. The lowest BCUT2D eigenvalue weighted by atomic mass is 9.74. The van der Waals surface area contributed by atoms with E-state index in [9.17, 15) is 4.79 Å². The van der Waals surface area contributed by atoms with Crippen molar-refractivity contribution in [2.75, 3.05) is 42.5 Å². The molecule has 6 rings (SSSR count). The quantitative estimate of drug-likeness (QED) is 0.336. The summed E-state index contributed by atoms with van der Waals surface area (Å²) in [5.41, 5.74) is 2.82. The first kappa shape index (κ1) is 23.6. The Balaban J connectivity index is 1.08. The van der Waals surface area contributed by atoms with Gasteiger partial charge in [0, 0.05) is 49.7 Å². The average molecular weight is 511 g/mol. The van der Waals surface area contributed by atoms with Crippen molar-refractivity contribution in [3.63, 3.8) is 0 Å². The lowest BCUT2D eigenvalue weighted by Crippen LogP contribution is -2.43. The molecule has 4 fully saturated rings. The third kappa shape index (κ3) is 4.94. The molecule has 2 aromatic rings. The van der Waals surface area contributed by atoms with Gasteiger partial charge in [0.25, 0.3) is 0 Å². The maximum atomic E-state index is 12.0. The zero-order valence-corrected chi connectivity index (χ0v) is 22.0. The number of nitrogens with zero attached hydrogens (tertiary/aromatic N) is 4. The van der Waals surface area contributed by atoms with E-state index in [4.69, 9.17) is 16.6 Å². The molecule has 5 nitrogen and oxygen atoms in total. The van der Waals surface area contributed by atoms with Crippen LogP contribution < -0.4 is 9.80 Å². The van der Waals surface area contributed by atoms with Crippen LogP contribution in [0.3, 0.4) is 0 Å². The summed E-state index contributed by atoms with van der Waals surface area (Å²) in [5, 5.41) is 0.646. The molecule has 1 aromatic carbocycles. The molecule has 1 amide bonds. The molecule has 2 saturated carbocycles. The van der Waals surface area contributed by atoms with Crippen LogP contribution in [0.1, 0.15) is 63.4 Å². The van der Waals surface area contributed by atoms with E-state index in [1.807, 2.05) is 16.8 Å². The van der Waals surface area contributed by atoms with Crippen molar-refractivity contribution in [3.05, 3.63) is 47.1 Å². The van der Waals surface area contributed by atoms with E-state index in [1.54, 1.807) is 0 Å². The Hall–Kier alpha value is -1.76. The topological polar surface area (TPSA) is 39.7 Å². The SMILES string of the molecule is O=C1CCCN1c1ccc(SN2CCN(c3cc(C4(C5CCCCC5)CC4)cc(Cl)n3)CC2)cc1. The third-order valence-corrected chi connectivity index (χ3v) is 9.85. The first-order valence-corrected chi connectivity index (χ1v) is 14.5. The van der Waals surface area contributed by atoms with Gasteiger partial charge in [-0.3, -0.25) is 4.79 Å². The Bertz CT molecular complexity index is 1060. The molecule has 0 spiro atoms. The number of carbonyl (C=O) groups is 1. The summed E-state index contributed by atoms with van der Waals surface area (Å²) in [6.07, 6.45) is 11.2. The van der Waals surface area contributed by atoms with Crippen molar-refractivity contribution in [2.45, 2.75) is 68.1 Å². The fourth-order valence-corrected chi connectivity index (χ4v) is 7.53. The van der Waals surface area contributed by atoms with Crippen LogP contribution in [0.25, 0.3) is 0 Å². The molecular formula is C28H35ClN4OS. The number of hydrogen-bond acceptors (Lipinski definition) is 5. The summed E-state index contributed by atoms with van der Waals surface area (Å²) in [6.45, 7) is 4.71. The number of amides is 1. The molecule has 35 heavy (non-hydrogen) atoms. The van der Waals surface area contributed by atoms with Crippen molar-refractivity contribution in [3.8, 4) is 0 Å². The highest BCUT2D eigenvalue weighted by Crippen LogP contribution is 2.58. The minimum Gasteiger partial charge on any atom is -0.354 e. The Morgan fingerprint density at radius 1 is 0.914 bits per heavy atom.